The molecule has 0 saturated heterocycles. The number of hydrogen-bond acceptors (Lipinski definition) is 1. The van der Waals surface area contributed by atoms with Crippen LogP contribution in [-0.2, 0) is 0 Å². The summed E-state index contributed by atoms with van der Waals surface area (Å²) in [5, 5.41) is 0. The molecule has 0 saturated carbocycles. The second kappa shape index (κ2) is 4.24. The molecule has 94 valence electrons. The topological polar surface area (TPSA) is 17.1 Å². The Hall–Kier alpha value is -1.63. The maximum Gasteiger partial charge on any atom is 0.176 e. The van der Waals surface area contributed by atoms with Gasteiger partial charge in [-0.2, -0.15) is 0 Å². The van der Waals surface area contributed by atoms with Gasteiger partial charge in [-0.05, 0) is 45.8 Å². The highest BCUT2D eigenvalue weighted by Gasteiger charge is 2.42. The molecule has 0 radical (unpaired) electrons. The highest BCUT2D eigenvalue weighted by Crippen LogP contribution is 2.48. The first-order chi connectivity index (χ1) is 8.40. The highest BCUT2D eigenvalue weighted by atomic mass is 16.1. The van der Waals surface area contributed by atoms with Gasteiger partial charge in [0.2, 0.25) is 0 Å². The number of carbonyl (C=O) groups excluding carboxylic acids is 1. The molecule has 0 spiro atoms. The van der Waals surface area contributed by atoms with E-state index in [4.69, 9.17) is 0 Å². The van der Waals surface area contributed by atoms with Crippen molar-refractivity contribution in [1.29, 1.82) is 0 Å². The standard InChI is InChI=1S/C17H20O/c1-11-12(2)14(4)17(5,13(11)3)16(18)15-9-7-6-8-10-15/h6-10H,1-5H3. The zero-order valence-electron chi connectivity index (χ0n) is 11.8. The van der Waals surface area contributed by atoms with Crippen LogP contribution in [0.3, 0.4) is 0 Å². The summed E-state index contributed by atoms with van der Waals surface area (Å²) in [5.74, 6) is 0.203. The van der Waals surface area contributed by atoms with Gasteiger partial charge in [0.15, 0.2) is 5.78 Å². The van der Waals surface area contributed by atoms with Crippen molar-refractivity contribution >= 4 is 5.78 Å². The molecule has 1 nitrogen and oxygen atoms in total. The lowest BCUT2D eigenvalue weighted by Crippen LogP contribution is -2.29. The summed E-state index contributed by atoms with van der Waals surface area (Å²) in [6.07, 6.45) is 0. The number of Topliss-reactive ketones (excluding diaryl/α,β-unsaturated/α-hetero) is 1. The largest absolute Gasteiger partial charge is 0.293 e. The summed E-state index contributed by atoms with van der Waals surface area (Å²) >= 11 is 0. The third kappa shape index (κ3) is 1.58. The van der Waals surface area contributed by atoms with E-state index in [1.54, 1.807) is 0 Å². The van der Waals surface area contributed by atoms with Crippen LogP contribution in [0.25, 0.3) is 0 Å². The first-order valence-electron chi connectivity index (χ1n) is 6.36. The lowest BCUT2D eigenvalue weighted by Gasteiger charge is -2.27. The van der Waals surface area contributed by atoms with Crippen LogP contribution in [0.4, 0.5) is 0 Å². The highest BCUT2D eigenvalue weighted by molar-refractivity contribution is 6.05. The van der Waals surface area contributed by atoms with Gasteiger partial charge in [0, 0.05) is 5.56 Å². The van der Waals surface area contributed by atoms with E-state index < -0.39 is 5.41 Å². The fourth-order valence-corrected chi connectivity index (χ4v) is 2.81. The zero-order valence-corrected chi connectivity index (χ0v) is 11.8. The van der Waals surface area contributed by atoms with Crippen molar-refractivity contribution in [3.63, 3.8) is 0 Å². The van der Waals surface area contributed by atoms with Gasteiger partial charge in [-0.3, -0.25) is 4.79 Å². The van der Waals surface area contributed by atoms with E-state index >= 15 is 0 Å². The summed E-state index contributed by atoms with van der Waals surface area (Å²) in [7, 11) is 0. The maximum atomic E-state index is 12.8. The predicted octanol–water partition coefficient (Wildman–Crippen LogP) is 4.56. The van der Waals surface area contributed by atoms with Crippen molar-refractivity contribution in [2.45, 2.75) is 34.6 Å². The summed E-state index contributed by atoms with van der Waals surface area (Å²) in [6, 6.07) is 9.58. The van der Waals surface area contributed by atoms with Crippen LogP contribution >= 0.6 is 0 Å². The van der Waals surface area contributed by atoms with Crippen LogP contribution in [0.1, 0.15) is 45.0 Å². The fourth-order valence-electron chi connectivity index (χ4n) is 2.81. The lowest BCUT2D eigenvalue weighted by molar-refractivity contribution is 0.0892. The summed E-state index contributed by atoms with van der Waals surface area (Å²) in [5.41, 5.74) is 5.23. The minimum absolute atomic E-state index is 0.203. The van der Waals surface area contributed by atoms with Crippen LogP contribution in [0, 0.1) is 5.41 Å². The van der Waals surface area contributed by atoms with Gasteiger partial charge in [-0.25, -0.2) is 0 Å². The molecule has 1 aromatic rings. The van der Waals surface area contributed by atoms with Gasteiger partial charge < -0.3 is 0 Å². The molecule has 0 atom stereocenters. The number of rotatable bonds is 2. The van der Waals surface area contributed by atoms with E-state index in [1.807, 2.05) is 37.3 Å². The first kappa shape index (κ1) is 12.8. The Morgan fingerprint density at radius 2 is 1.33 bits per heavy atom. The van der Waals surface area contributed by atoms with Crippen molar-refractivity contribution in [2.24, 2.45) is 5.41 Å². The number of carbonyl (C=O) groups is 1. The van der Waals surface area contributed by atoms with E-state index in [1.165, 1.54) is 22.3 Å². The van der Waals surface area contributed by atoms with Crippen LogP contribution in [0.5, 0.6) is 0 Å². The molecule has 0 fully saturated rings. The second-order valence-corrected chi connectivity index (χ2v) is 5.32. The molecule has 0 N–H and O–H groups in total. The van der Waals surface area contributed by atoms with Gasteiger partial charge in [0.05, 0.1) is 5.41 Å². The Balaban J connectivity index is 2.55. The Morgan fingerprint density at radius 1 is 0.889 bits per heavy atom. The Bertz CT molecular complexity index is 535. The molecule has 0 amide bonds. The third-order valence-electron chi connectivity index (χ3n) is 4.68. The maximum absolute atomic E-state index is 12.8. The van der Waals surface area contributed by atoms with Gasteiger partial charge in [0.25, 0.3) is 0 Å². The van der Waals surface area contributed by atoms with Gasteiger partial charge >= 0.3 is 0 Å². The van der Waals surface area contributed by atoms with Gasteiger partial charge in [-0.15, -0.1) is 0 Å². The lowest BCUT2D eigenvalue weighted by atomic mass is 9.73. The molecular weight excluding hydrogens is 220 g/mol. The minimum atomic E-state index is -0.463. The van der Waals surface area contributed by atoms with Crippen molar-refractivity contribution in [1.82, 2.24) is 0 Å². The number of ketones is 1. The normalized spacial score (nSPS) is 18.5. The average molecular weight is 240 g/mol. The van der Waals surface area contributed by atoms with Gasteiger partial charge in [-0.1, -0.05) is 41.5 Å². The van der Waals surface area contributed by atoms with Crippen molar-refractivity contribution < 1.29 is 4.79 Å². The summed E-state index contributed by atoms with van der Waals surface area (Å²) < 4.78 is 0. The molecule has 0 bridgehead atoms. The molecule has 1 aromatic carbocycles. The Kier molecular flexibility index (Phi) is 3.02. The molecule has 1 heteroatoms. The third-order valence-corrected chi connectivity index (χ3v) is 4.68. The average Bonchev–Trinajstić information content (AvgIpc) is 2.55. The van der Waals surface area contributed by atoms with Crippen molar-refractivity contribution in [3.8, 4) is 0 Å². The van der Waals surface area contributed by atoms with E-state index in [0.29, 0.717) is 0 Å². The number of benzene rings is 1. The fraction of sp³-hybridized carbons (Fsp3) is 0.353. The minimum Gasteiger partial charge on any atom is -0.293 e. The first-order valence-corrected chi connectivity index (χ1v) is 6.36. The summed E-state index contributed by atoms with van der Waals surface area (Å²) in [6.45, 7) is 10.4. The second-order valence-electron chi connectivity index (χ2n) is 5.32. The molecule has 0 heterocycles. The Labute approximate surface area is 109 Å². The van der Waals surface area contributed by atoms with Crippen molar-refractivity contribution in [2.75, 3.05) is 0 Å². The molecule has 2 rings (SSSR count). The van der Waals surface area contributed by atoms with Crippen LogP contribution in [0.2, 0.25) is 0 Å². The zero-order chi connectivity index (χ0) is 13.5. The van der Waals surface area contributed by atoms with E-state index in [9.17, 15) is 4.79 Å². The van der Waals surface area contributed by atoms with Crippen LogP contribution < -0.4 is 0 Å². The molecule has 18 heavy (non-hydrogen) atoms. The van der Waals surface area contributed by atoms with Gasteiger partial charge in [0.1, 0.15) is 0 Å². The quantitative estimate of drug-likeness (QED) is 0.692. The van der Waals surface area contributed by atoms with E-state index in [2.05, 4.69) is 27.7 Å². The van der Waals surface area contributed by atoms with Crippen LogP contribution in [-0.4, -0.2) is 5.78 Å². The smallest absolute Gasteiger partial charge is 0.176 e. The number of allylic oxidation sites excluding steroid dienone is 4. The van der Waals surface area contributed by atoms with Crippen LogP contribution in [0.15, 0.2) is 52.6 Å². The molecule has 0 aromatic heterocycles. The van der Waals surface area contributed by atoms with E-state index in [0.717, 1.165) is 5.56 Å². The number of hydrogen-bond donors (Lipinski definition) is 0. The Morgan fingerprint density at radius 3 is 1.78 bits per heavy atom. The summed E-state index contributed by atoms with van der Waals surface area (Å²) in [4.78, 5) is 12.8. The molecule has 0 unspecified atom stereocenters. The van der Waals surface area contributed by atoms with E-state index in [-0.39, 0.29) is 5.78 Å². The molecule has 1 aliphatic carbocycles. The predicted molar refractivity (Wildman–Crippen MR) is 75.6 cm³/mol. The SMILES string of the molecule is CC1=C(C)C(C)(C(=O)c2ccccc2)C(C)=C1C. The van der Waals surface area contributed by atoms with Crippen molar-refractivity contribution in [3.05, 3.63) is 58.2 Å². The molecule has 1 aliphatic rings. The molecule has 0 aliphatic heterocycles. The molecular formula is C17H20O. The monoisotopic (exact) mass is 240 g/mol.